The molecule has 0 fully saturated rings. The van der Waals surface area contributed by atoms with Crippen molar-refractivity contribution < 1.29 is 35.9 Å². The first kappa shape index (κ1) is 23.6. The van der Waals surface area contributed by atoms with E-state index in [0.717, 1.165) is 11.8 Å². The number of carbonyl (C=O) groups excluding carboxylic acids is 2. The number of hydrogen-bond acceptors (Lipinski definition) is 3. The minimum atomic E-state index is -5.00. The molecule has 0 aliphatic heterocycles. The highest BCUT2D eigenvalue weighted by atomic mass is 32.2. The molecule has 30 heavy (non-hydrogen) atoms. The second-order valence-electron chi connectivity index (χ2n) is 6.25. The van der Waals surface area contributed by atoms with Gasteiger partial charge in [-0.1, -0.05) is 0 Å². The zero-order valence-electron chi connectivity index (χ0n) is 15.6. The molecule has 2 aromatic carbocycles. The van der Waals surface area contributed by atoms with Crippen LogP contribution in [0, 0.1) is 0 Å². The highest BCUT2D eigenvalue weighted by molar-refractivity contribution is 8.00. The van der Waals surface area contributed by atoms with E-state index < -0.39 is 40.3 Å². The molecule has 162 valence electrons. The minimum Gasteiger partial charge on any atom is -0.326 e. The molecule has 0 radical (unpaired) electrons. The normalized spacial score (nSPS) is 12.9. The van der Waals surface area contributed by atoms with Crippen molar-refractivity contribution in [3.63, 3.8) is 0 Å². The summed E-state index contributed by atoms with van der Waals surface area (Å²) in [6.07, 6.45) is -10.0. The average Bonchev–Trinajstić information content (AvgIpc) is 2.61. The number of nitrogens with one attached hydrogen (secondary N) is 2. The topological polar surface area (TPSA) is 58.2 Å². The molecule has 0 saturated heterocycles. The Morgan fingerprint density at radius 3 is 1.77 bits per heavy atom. The quantitative estimate of drug-likeness (QED) is 0.447. The zero-order valence-corrected chi connectivity index (χ0v) is 16.4. The summed E-state index contributed by atoms with van der Waals surface area (Å²) in [6, 6.07) is 7.31. The van der Waals surface area contributed by atoms with Gasteiger partial charge in [0.25, 0.3) is 0 Å². The molecule has 2 aromatic rings. The van der Waals surface area contributed by atoms with Crippen molar-refractivity contribution in [2.45, 2.75) is 36.3 Å². The molecule has 0 bridgehead atoms. The fourth-order valence-electron chi connectivity index (χ4n) is 2.35. The Kier molecular flexibility index (Phi) is 7.06. The lowest BCUT2D eigenvalue weighted by atomic mass is 10.1. The number of hydrogen-bond donors (Lipinski definition) is 2. The Bertz CT molecular complexity index is 894. The molecular formula is C19H16F6N2O2S. The predicted octanol–water partition coefficient (Wildman–Crippen LogP) is 5.80. The standard InChI is InChI=1S/C19H16F6N2O2S/c1-10(30-16-5-3-14(4-6-16)26-11(2)28)17(29)27-15-8-12(18(20,21)22)7-13(9-15)19(23,24)25/h3-10H,1-2H3,(H,26,28)(H,27,29). The van der Waals surface area contributed by atoms with Gasteiger partial charge in [0.2, 0.25) is 11.8 Å². The maximum Gasteiger partial charge on any atom is 0.416 e. The van der Waals surface area contributed by atoms with E-state index in [1.54, 1.807) is 24.3 Å². The molecular weight excluding hydrogens is 434 g/mol. The number of halogens is 6. The van der Waals surface area contributed by atoms with Crippen molar-refractivity contribution >= 4 is 35.0 Å². The zero-order chi connectivity index (χ0) is 22.7. The molecule has 2 amide bonds. The molecule has 4 nitrogen and oxygen atoms in total. The largest absolute Gasteiger partial charge is 0.416 e. The van der Waals surface area contributed by atoms with Gasteiger partial charge < -0.3 is 10.6 Å². The molecule has 0 saturated carbocycles. The molecule has 0 aliphatic rings. The Balaban J connectivity index is 2.15. The summed E-state index contributed by atoms with van der Waals surface area (Å²) in [6.45, 7) is 2.80. The van der Waals surface area contributed by atoms with Crippen molar-refractivity contribution in [1.82, 2.24) is 0 Å². The number of amides is 2. The average molecular weight is 450 g/mol. The summed E-state index contributed by atoms with van der Waals surface area (Å²) < 4.78 is 77.5. The molecule has 2 rings (SSSR count). The van der Waals surface area contributed by atoms with E-state index in [9.17, 15) is 35.9 Å². The third kappa shape index (κ3) is 6.68. The van der Waals surface area contributed by atoms with Gasteiger partial charge in [0.15, 0.2) is 0 Å². The Morgan fingerprint density at radius 2 is 1.33 bits per heavy atom. The number of thioether (sulfide) groups is 1. The SMILES string of the molecule is CC(=O)Nc1ccc(SC(C)C(=O)Nc2cc(C(F)(F)F)cc(C(F)(F)F)c2)cc1. The number of benzene rings is 2. The first-order valence-corrected chi connectivity index (χ1v) is 9.28. The summed E-state index contributed by atoms with van der Waals surface area (Å²) in [5.74, 6) is -1.03. The Labute approximate surface area is 172 Å². The summed E-state index contributed by atoms with van der Waals surface area (Å²) in [4.78, 5) is 23.9. The molecule has 2 N–H and O–H groups in total. The van der Waals surface area contributed by atoms with Crippen LogP contribution in [0.5, 0.6) is 0 Å². The van der Waals surface area contributed by atoms with Gasteiger partial charge in [-0.05, 0) is 49.4 Å². The monoisotopic (exact) mass is 450 g/mol. The van der Waals surface area contributed by atoms with E-state index in [4.69, 9.17) is 0 Å². The fourth-order valence-corrected chi connectivity index (χ4v) is 3.22. The van der Waals surface area contributed by atoms with Crippen LogP contribution >= 0.6 is 11.8 Å². The van der Waals surface area contributed by atoms with E-state index in [0.29, 0.717) is 22.7 Å². The molecule has 11 heteroatoms. The maximum atomic E-state index is 12.9. The number of rotatable bonds is 5. The first-order valence-electron chi connectivity index (χ1n) is 8.40. The van der Waals surface area contributed by atoms with Crippen molar-refractivity contribution in [3.05, 3.63) is 53.6 Å². The number of carbonyl (C=O) groups is 2. The lowest BCUT2D eigenvalue weighted by Gasteiger charge is -2.16. The summed E-state index contributed by atoms with van der Waals surface area (Å²) in [5.41, 5.74) is -3.09. The van der Waals surface area contributed by atoms with Gasteiger partial charge in [-0.15, -0.1) is 11.8 Å². The third-order valence-electron chi connectivity index (χ3n) is 3.71. The van der Waals surface area contributed by atoms with Crippen molar-refractivity contribution in [1.29, 1.82) is 0 Å². The summed E-state index contributed by atoms with van der Waals surface area (Å²) >= 11 is 1.05. The van der Waals surface area contributed by atoms with Gasteiger partial charge in [0, 0.05) is 23.2 Å². The van der Waals surface area contributed by atoms with E-state index in [-0.39, 0.29) is 12.0 Å². The molecule has 0 spiro atoms. The predicted molar refractivity (Wildman–Crippen MR) is 101 cm³/mol. The summed E-state index contributed by atoms with van der Waals surface area (Å²) in [5, 5.41) is 3.85. The fraction of sp³-hybridized carbons (Fsp3) is 0.263. The van der Waals surface area contributed by atoms with Crippen LogP contribution in [0.2, 0.25) is 0 Å². The second kappa shape index (κ2) is 8.99. The van der Waals surface area contributed by atoms with Gasteiger partial charge in [-0.3, -0.25) is 9.59 Å². The van der Waals surface area contributed by atoms with Crippen LogP contribution in [0.1, 0.15) is 25.0 Å². The summed E-state index contributed by atoms with van der Waals surface area (Å²) in [7, 11) is 0. The van der Waals surface area contributed by atoms with Crippen LogP contribution in [0.25, 0.3) is 0 Å². The van der Waals surface area contributed by atoms with Crippen molar-refractivity contribution in [3.8, 4) is 0 Å². The van der Waals surface area contributed by atoms with Gasteiger partial charge >= 0.3 is 12.4 Å². The Morgan fingerprint density at radius 1 is 0.833 bits per heavy atom. The second-order valence-corrected chi connectivity index (χ2v) is 7.66. The van der Waals surface area contributed by atoms with E-state index in [1.807, 2.05) is 0 Å². The lowest BCUT2D eigenvalue weighted by Crippen LogP contribution is -2.23. The molecule has 1 unspecified atom stereocenters. The molecule has 0 aliphatic carbocycles. The van der Waals surface area contributed by atoms with Crippen LogP contribution in [0.3, 0.4) is 0 Å². The van der Waals surface area contributed by atoms with E-state index in [2.05, 4.69) is 10.6 Å². The molecule has 1 atom stereocenters. The molecule has 0 aromatic heterocycles. The smallest absolute Gasteiger partial charge is 0.326 e. The van der Waals surface area contributed by atoms with E-state index in [1.165, 1.54) is 13.8 Å². The van der Waals surface area contributed by atoms with Crippen LogP contribution in [-0.4, -0.2) is 17.1 Å². The van der Waals surface area contributed by atoms with Gasteiger partial charge in [0.1, 0.15) is 0 Å². The van der Waals surface area contributed by atoms with Crippen LogP contribution in [-0.2, 0) is 21.9 Å². The van der Waals surface area contributed by atoms with Crippen molar-refractivity contribution in [2.24, 2.45) is 0 Å². The highest BCUT2D eigenvalue weighted by Crippen LogP contribution is 2.37. The van der Waals surface area contributed by atoms with Crippen LogP contribution in [0.15, 0.2) is 47.4 Å². The first-order chi connectivity index (χ1) is 13.8. The Hall–Kier alpha value is -2.69. The minimum absolute atomic E-state index is 0.00946. The van der Waals surface area contributed by atoms with Crippen molar-refractivity contribution in [2.75, 3.05) is 10.6 Å². The highest BCUT2D eigenvalue weighted by Gasteiger charge is 2.37. The van der Waals surface area contributed by atoms with Gasteiger partial charge in [-0.25, -0.2) is 0 Å². The number of anilines is 2. The third-order valence-corrected chi connectivity index (χ3v) is 4.82. The molecule has 0 heterocycles. The number of alkyl halides is 6. The van der Waals surface area contributed by atoms with E-state index >= 15 is 0 Å². The lowest BCUT2D eigenvalue weighted by molar-refractivity contribution is -0.143. The maximum absolute atomic E-state index is 12.9. The van der Waals surface area contributed by atoms with Gasteiger partial charge in [0.05, 0.1) is 16.4 Å². The van der Waals surface area contributed by atoms with Crippen LogP contribution < -0.4 is 10.6 Å². The van der Waals surface area contributed by atoms with Gasteiger partial charge in [-0.2, -0.15) is 26.3 Å². The van der Waals surface area contributed by atoms with Crippen LogP contribution in [0.4, 0.5) is 37.7 Å².